The second kappa shape index (κ2) is 11.1. The summed E-state index contributed by atoms with van der Waals surface area (Å²) in [4.78, 5) is 18.6. The summed E-state index contributed by atoms with van der Waals surface area (Å²) >= 11 is 0. The maximum atomic E-state index is 12.0. The summed E-state index contributed by atoms with van der Waals surface area (Å²) in [6, 6.07) is 11.2. The van der Waals surface area contributed by atoms with Gasteiger partial charge in [-0.15, -0.1) is 0 Å². The van der Waals surface area contributed by atoms with Crippen molar-refractivity contribution in [3.05, 3.63) is 48.2 Å². The Balaban J connectivity index is 1.74. The molecule has 2 rings (SSSR count). The number of benzene rings is 1. The van der Waals surface area contributed by atoms with Gasteiger partial charge in [-0.2, -0.15) is 0 Å². The van der Waals surface area contributed by atoms with E-state index in [1.807, 2.05) is 24.3 Å². The molecule has 0 fully saturated rings. The summed E-state index contributed by atoms with van der Waals surface area (Å²) in [5, 5.41) is 2.84. The second-order valence-corrected chi connectivity index (χ2v) is 6.08. The predicted octanol–water partition coefficient (Wildman–Crippen LogP) is 3.41. The molecule has 1 N–H and O–H groups in total. The van der Waals surface area contributed by atoms with Crippen LogP contribution in [0.5, 0.6) is 11.5 Å². The Morgan fingerprint density at radius 1 is 1.00 bits per heavy atom. The topological polar surface area (TPSA) is 63.7 Å². The lowest BCUT2D eigenvalue weighted by molar-refractivity contribution is -0.123. The fraction of sp³-hybridized carbons (Fsp3) is 0.429. The molecule has 6 nitrogen and oxygen atoms in total. The summed E-state index contributed by atoms with van der Waals surface area (Å²) in [5.41, 5.74) is 0.955. The normalized spacial score (nSPS) is 10.3. The molecule has 0 spiro atoms. The summed E-state index contributed by atoms with van der Waals surface area (Å²) in [6.07, 6.45) is 2.76. The highest BCUT2D eigenvalue weighted by Gasteiger charge is 2.06. The number of hydrogen-bond donors (Lipinski definition) is 1. The molecule has 27 heavy (non-hydrogen) atoms. The Morgan fingerprint density at radius 3 is 2.22 bits per heavy atom. The molecule has 0 unspecified atom stereocenters. The van der Waals surface area contributed by atoms with Crippen molar-refractivity contribution >= 4 is 11.7 Å². The van der Waals surface area contributed by atoms with Gasteiger partial charge in [-0.3, -0.25) is 4.79 Å². The number of anilines is 1. The van der Waals surface area contributed by atoms with Crippen molar-refractivity contribution in [3.63, 3.8) is 0 Å². The van der Waals surface area contributed by atoms with Crippen LogP contribution in [0.25, 0.3) is 0 Å². The highest BCUT2D eigenvalue weighted by Crippen LogP contribution is 2.17. The monoisotopic (exact) mass is 371 g/mol. The fourth-order valence-corrected chi connectivity index (χ4v) is 2.51. The maximum Gasteiger partial charge on any atom is 0.258 e. The van der Waals surface area contributed by atoms with E-state index < -0.39 is 0 Å². The number of nitrogens with one attached hydrogen (secondary N) is 1. The summed E-state index contributed by atoms with van der Waals surface area (Å²) in [5.74, 6) is 2.22. The van der Waals surface area contributed by atoms with Gasteiger partial charge in [0, 0.05) is 25.8 Å². The van der Waals surface area contributed by atoms with Crippen molar-refractivity contribution in [2.75, 3.05) is 31.2 Å². The van der Waals surface area contributed by atoms with Crippen LogP contribution in [0, 0.1) is 0 Å². The predicted molar refractivity (Wildman–Crippen MR) is 107 cm³/mol. The van der Waals surface area contributed by atoms with Crippen molar-refractivity contribution in [2.24, 2.45) is 0 Å². The van der Waals surface area contributed by atoms with Gasteiger partial charge in [-0.25, -0.2) is 4.98 Å². The van der Waals surface area contributed by atoms with Crippen LogP contribution in [0.2, 0.25) is 0 Å². The lowest BCUT2D eigenvalue weighted by atomic mass is 10.2. The van der Waals surface area contributed by atoms with Gasteiger partial charge in [-0.1, -0.05) is 13.0 Å². The van der Waals surface area contributed by atoms with Gasteiger partial charge >= 0.3 is 0 Å². The van der Waals surface area contributed by atoms with Crippen LogP contribution in [-0.2, 0) is 11.3 Å². The molecule has 0 atom stereocenters. The molecule has 146 valence electrons. The Bertz CT molecular complexity index is 683. The molecule has 1 aromatic carbocycles. The fourth-order valence-electron chi connectivity index (χ4n) is 2.51. The molecule has 0 bridgehead atoms. The summed E-state index contributed by atoms with van der Waals surface area (Å²) < 4.78 is 11.0. The quantitative estimate of drug-likeness (QED) is 0.656. The number of aromatic nitrogens is 1. The molecule has 0 saturated heterocycles. The number of rotatable bonds is 11. The number of pyridine rings is 1. The van der Waals surface area contributed by atoms with E-state index in [0.29, 0.717) is 18.9 Å². The number of ether oxygens (including phenoxy) is 2. The third-order valence-electron chi connectivity index (χ3n) is 4.05. The van der Waals surface area contributed by atoms with Crippen LogP contribution in [0.4, 0.5) is 5.82 Å². The number of amides is 1. The molecule has 1 aromatic heterocycles. The summed E-state index contributed by atoms with van der Waals surface area (Å²) in [7, 11) is 0. The molecule has 0 saturated carbocycles. The first-order valence-corrected chi connectivity index (χ1v) is 9.48. The van der Waals surface area contributed by atoms with Crippen molar-refractivity contribution in [1.29, 1.82) is 0 Å². The average molecular weight is 371 g/mol. The van der Waals surface area contributed by atoms with Gasteiger partial charge in [0.2, 0.25) is 0 Å². The van der Waals surface area contributed by atoms with Gasteiger partial charge in [0.25, 0.3) is 5.91 Å². The van der Waals surface area contributed by atoms with E-state index >= 15 is 0 Å². The Labute approximate surface area is 161 Å². The maximum absolute atomic E-state index is 12.0. The third-order valence-corrected chi connectivity index (χ3v) is 4.05. The van der Waals surface area contributed by atoms with E-state index in [9.17, 15) is 4.79 Å². The zero-order valence-corrected chi connectivity index (χ0v) is 16.4. The van der Waals surface area contributed by atoms with Crippen LogP contribution in [0.1, 0.15) is 32.8 Å². The smallest absolute Gasteiger partial charge is 0.258 e. The molecule has 6 heteroatoms. The highest BCUT2D eigenvalue weighted by molar-refractivity contribution is 5.77. The van der Waals surface area contributed by atoms with Crippen LogP contribution in [0.15, 0.2) is 42.6 Å². The SMILES string of the molecule is CCCOc1ccc(OCC(=O)NCc2ccc(N(CC)CC)nc2)cc1. The number of hydrogen-bond acceptors (Lipinski definition) is 5. The zero-order chi connectivity index (χ0) is 19.5. The number of carbonyl (C=O) groups is 1. The Morgan fingerprint density at radius 2 is 1.67 bits per heavy atom. The van der Waals surface area contributed by atoms with Crippen molar-refractivity contribution in [1.82, 2.24) is 10.3 Å². The van der Waals surface area contributed by atoms with Gasteiger partial charge in [0.1, 0.15) is 17.3 Å². The lowest BCUT2D eigenvalue weighted by Crippen LogP contribution is -2.28. The zero-order valence-electron chi connectivity index (χ0n) is 16.4. The first-order chi connectivity index (χ1) is 13.2. The van der Waals surface area contributed by atoms with Crippen LogP contribution < -0.4 is 19.7 Å². The van der Waals surface area contributed by atoms with E-state index in [1.54, 1.807) is 18.3 Å². The van der Waals surface area contributed by atoms with Crippen LogP contribution >= 0.6 is 0 Å². The van der Waals surface area contributed by atoms with Crippen molar-refractivity contribution in [3.8, 4) is 11.5 Å². The lowest BCUT2D eigenvalue weighted by Gasteiger charge is -2.19. The molecule has 0 aliphatic rings. The number of carbonyl (C=O) groups excluding carboxylic acids is 1. The first kappa shape index (κ1) is 20.6. The van der Waals surface area contributed by atoms with Gasteiger partial charge in [0.15, 0.2) is 6.61 Å². The Hall–Kier alpha value is -2.76. The van der Waals surface area contributed by atoms with Gasteiger partial charge in [-0.05, 0) is 56.2 Å². The van der Waals surface area contributed by atoms with Crippen molar-refractivity contribution < 1.29 is 14.3 Å². The van der Waals surface area contributed by atoms with E-state index in [1.165, 1.54) is 0 Å². The van der Waals surface area contributed by atoms with Gasteiger partial charge in [0.05, 0.1) is 6.61 Å². The molecular formula is C21H29N3O3. The average Bonchev–Trinajstić information content (AvgIpc) is 2.71. The molecule has 2 aromatic rings. The first-order valence-electron chi connectivity index (χ1n) is 9.48. The Kier molecular flexibility index (Phi) is 8.42. The third kappa shape index (κ3) is 6.81. The molecule has 1 heterocycles. The minimum atomic E-state index is -0.172. The largest absolute Gasteiger partial charge is 0.494 e. The van der Waals surface area contributed by atoms with Gasteiger partial charge < -0.3 is 19.7 Å². The van der Waals surface area contributed by atoms with E-state index in [4.69, 9.17) is 9.47 Å². The minimum Gasteiger partial charge on any atom is -0.494 e. The summed E-state index contributed by atoms with van der Waals surface area (Å²) in [6.45, 7) is 9.19. The van der Waals surface area contributed by atoms with Crippen LogP contribution in [-0.4, -0.2) is 37.2 Å². The highest BCUT2D eigenvalue weighted by atomic mass is 16.5. The van der Waals surface area contributed by atoms with Crippen LogP contribution in [0.3, 0.4) is 0 Å². The molecular weight excluding hydrogens is 342 g/mol. The standard InChI is InChI=1S/C21H29N3O3/c1-4-13-26-18-8-10-19(11-9-18)27-16-21(25)23-15-17-7-12-20(22-14-17)24(5-2)6-3/h7-12,14H,4-6,13,15-16H2,1-3H3,(H,23,25). The van der Waals surface area contributed by atoms with Crippen molar-refractivity contribution in [2.45, 2.75) is 33.7 Å². The van der Waals surface area contributed by atoms with E-state index in [2.05, 4.69) is 36.0 Å². The molecule has 0 radical (unpaired) electrons. The minimum absolute atomic E-state index is 0.0277. The molecule has 0 aliphatic heterocycles. The second-order valence-electron chi connectivity index (χ2n) is 6.08. The van der Waals surface area contributed by atoms with E-state index in [-0.39, 0.29) is 12.5 Å². The van der Waals surface area contributed by atoms with E-state index in [0.717, 1.165) is 36.6 Å². The number of nitrogens with zero attached hydrogens (tertiary/aromatic N) is 2. The molecule has 1 amide bonds. The molecule has 0 aliphatic carbocycles.